The number of aromatic nitrogens is 2. The number of hydrogen-bond acceptors (Lipinski definition) is 8. The Morgan fingerprint density at radius 3 is 2.32 bits per heavy atom. The highest BCUT2D eigenvalue weighted by molar-refractivity contribution is 5.96. The molecule has 0 saturated carbocycles. The van der Waals surface area contributed by atoms with Crippen LogP contribution in [0, 0.1) is 0 Å². The normalized spacial score (nSPS) is 14.1. The summed E-state index contributed by atoms with van der Waals surface area (Å²) in [5.74, 6) is -1.81. The van der Waals surface area contributed by atoms with Crippen molar-refractivity contribution >= 4 is 23.9 Å². The number of carboxylic acids is 1. The molecule has 1 fully saturated rings. The zero-order valence-electron chi connectivity index (χ0n) is 21.6. The standard InChI is InChI=1S/C26H33N5O7/c1-3-37-17-19-16-21(28-23(27-19)18-8-6-5-7-9-18)24(34)29-20(10-11-22(32)33)25(35)30-12-14-31(15-13-30)26(36)38-4-2/h5-9,16,20H,3-4,10-15,17H2,1-2H3,(H,29,34)(H,32,33). The maximum Gasteiger partial charge on any atom is 0.409 e. The molecule has 204 valence electrons. The first-order valence-electron chi connectivity index (χ1n) is 12.6. The molecule has 12 nitrogen and oxygen atoms in total. The van der Waals surface area contributed by atoms with Crippen LogP contribution in [0.3, 0.4) is 0 Å². The molecule has 0 aliphatic carbocycles. The molecular weight excluding hydrogens is 494 g/mol. The molecule has 2 N–H and O–H groups in total. The largest absolute Gasteiger partial charge is 0.481 e. The lowest BCUT2D eigenvalue weighted by molar-refractivity contribution is -0.138. The number of nitrogens with zero attached hydrogens (tertiary/aromatic N) is 4. The van der Waals surface area contributed by atoms with Gasteiger partial charge in [0.2, 0.25) is 5.91 Å². The van der Waals surface area contributed by atoms with Gasteiger partial charge in [-0.15, -0.1) is 0 Å². The van der Waals surface area contributed by atoms with Gasteiger partial charge in [-0.05, 0) is 26.3 Å². The lowest BCUT2D eigenvalue weighted by Crippen LogP contribution is -2.56. The molecule has 1 unspecified atom stereocenters. The third-order valence-corrected chi connectivity index (χ3v) is 5.87. The minimum Gasteiger partial charge on any atom is -0.481 e. The van der Waals surface area contributed by atoms with E-state index in [9.17, 15) is 24.3 Å². The molecule has 1 aromatic carbocycles. The Morgan fingerprint density at radius 2 is 1.68 bits per heavy atom. The van der Waals surface area contributed by atoms with E-state index in [1.165, 1.54) is 15.9 Å². The van der Waals surface area contributed by atoms with Crippen LogP contribution in [0.1, 0.15) is 42.9 Å². The van der Waals surface area contributed by atoms with Gasteiger partial charge in [-0.3, -0.25) is 14.4 Å². The smallest absolute Gasteiger partial charge is 0.409 e. The van der Waals surface area contributed by atoms with Crippen LogP contribution in [-0.2, 0) is 25.7 Å². The zero-order valence-corrected chi connectivity index (χ0v) is 21.6. The highest BCUT2D eigenvalue weighted by Crippen LogP contribution is 2.17. The van der Waals surface area contributed by atoms with Crippen molar-refractivity contribution in [1.82, 2.24) is 25.1 Å². The lowest BCUT2D eigenvalue weighted by atomic mass is 10.1. The number of rotatable bonds is 11. The van der Waals surface area contributed by atoms with Crippen molar-refractivity contribution in [2.45, 2.75) is 39.3 Å². The fraction of sp³-hybridized carbons (Fsp3) is 0.462. The van der Waals surface area contributed by atoms with Gasteiger partial charge in [0.25, 0.3) is 5.91 Å². The molecule has 1 atom stereocenters. The first-order chi connectivity index (χ1) is 18.3. The summed E-state index contributed by atoms with van der Waals surface area (Å²) in [6.07, 6.45) is -0.856. The van der Waals surface area contributed by atoms with Crippen LogP contribution in [-0.4, -0.2) is 94.2 Å². The van der Waals surface area contributed by atoms with E-state index in [1.807, 2.05) is 37.3 Å². The Balaban J connectivity index is 1.78. The average Bonchev–Trinajstić information content (AvgIpc) is 2.94. The maximum atomic E-state index is 13.3. The molecule has 1 aliphatic heterocycles. The Labute approximate surface area is 220 Å². The molecular formula is C26H33N5O7. The Morgan fingerprint density at radius 1 is 1.00 bits per heavy atom. The highest BCUT2D eigenvalue weighted by atomic mass is 16.6. The number of carbonyl (C=O) groups excluding carboxylic acids is 3. The monoisotopic (exact) mass is 527 g/mol. The Kier molecular flexibility index (Phi) is 10.5. The van der Waals surface area contributed by atoms with E-state index >= 15 is 0 Å². The number of ether oxygens (including phenoxy) is 2. The van der Waals surface area contributed by atoms with Gasteiger partial charge in [0.1, 0.15) is 11.7 Å². The van der Waals surface area contributed by atoms with Gasteiger partial charge in [0.15, 0.2) is 5.82 Å². The first-order valence-corrected chi connectivity index (χ1v) is 12.6. The van der Waals surface area contributed by atoms with Crippen LogP contribution in [0.15, 0.2) is 36.4 Å². The highest BCUT2D eigenvalue weighted by Gasteiger charge is 2.31. The molecule has 1 aliphatic rings. The fourth-order valence-corrected chi connectivity index (χ4v) is 3.91. The summed E-state index contributed by atoms with van der Waals surface area (Å²) in [6.45, 7) is 5.47. The minimum atomic E-state index is -1.09. The molecule has 1 saturated heterocycles. The molecule has 38 heavy (non-hydrogen) atoms. The van der Waals surface area contributed by atoms with Crippen LogP contribution < -0.4 is 5.32 Å². The number of aliphatic carboxylic acids is 1. The summed E-state index contributed by atoms with van der Waals surface area (Å²) in [7, 11) is 0. The lowest BCUT2D eigenvalue weighted by Gasteiger charge is -2.35. The number of hydrogen-bond donors (Lipinski definition) is 2. The number of benzene rings is 1. The van der Waals surface area contributed by atoms with Crippen molar-refractivity contribution in [2.24, 2.45) is 0 Å². The summed E-state index contributed by atoms with van der Waals surface area (Å²) in [4.78, 5) is 61.7. The SMILES string of the molecule is CCOCc1cc(C(=O)NC(CCC(=O)O)C(=O)N2CCN(C(=O)OCC)CC2)nc(-c2ccccc2)n1. The van der Waals surface area contributed by atoms with E-state index in [1.54, 1.807) is 6.92 Å². The molecule has 0 radical (unpaired) electrons. The van der Waals surface area contributed by atoms with E-state index in [0.29, 0.717) is 23.7 Å². The topological polar surface area (TPSA) is 151 Å². The number of nitrogens with one attached hydrogen (secondary N) is 1. The summed E-state index contributed by atoms with van der Waals surface area (Å²) < 4.78 is 10.5. The predicted octanol–water partition coefficient (Wildman–Crippen LogP) is 1.94. The summed E-state index contributed by atoms with van der Waals surface area (Å²) >= 11 is 0. The van der Waals surface area contributed by atoms with Crippen LogP contribution in [0.2, 0.25) is 0 Å². The molecule has 1 aromatic heterocycles. The third-order valence-electron chi connectivity index (χ3n) is 5.87. The van der Waals surface area contributed by atoms with Crippen molar-refractivity contribution in [3.05, 3.63) is 47.8 Å². The van der Waals surface area contributed by atoms with E-state index < -0.39 is 29.9 Å². The summed E-state index contributed by atoms with van der Waals surface area (Å²) in [5.41, 5.74) is 1.24. The van der Waals surface area contributed by atoms with E-state index in [4.69, 9.17) is 9.47 Å². The quantitative estimate of drug-likeness (QED) is 0.447. The molecule has 3 rings (SSSR count). The second-order valence-electron chi connectivity index (χ2n) is 8.54. The third kappa shape index (κ3) is 7.97. The molecule has 0 spiro atoms. The fourth-order valence-electron chi connectivity index (χ4n) is 3.91. The van der Waals surface area contributed by atoms with Crippen molar-refractivity contribution in [3.8, 4) is 11.4 Å². The Hall–Kier alpha value is -4.06. The second-order valence-corrected chi connectivity index (χ2v) is 8.54. The van der Waals surface area contributed by atoms with Gasteiger partial charge in [0, 0.05) is 44.8 Å². The van der Waals surface area contributed by atoms with Crippen LogP contribution in [0.25, 0.3) is 11.4 Å². The van der Waals surface area contributed by atoms with Crippen molar-refractivity contribution in [3.63, 3.8) is 0 Å². The van der Waals surface area contributed by atoms with Crippen LogP contribution in [0.4, 0.5) is 4.79 Å². The van der Waals surface area contributed by atoms with Crippen molar-refractivity contribution in [2.75, 3.05) is 39.4 Å². The molecule has 2 heterocycles. The first kappa shape index (κ1) is 28.5. The second kappa shape index (κ2) is 14.0. The maximum absolute atomic E-state index is 13.3. The zero-order chi connectivity index (χ0) is 27.5. The molecule has 0 bridgehead atoms. The van der Waals surface area contributed by atoms with Gasteiger partial charge in [-0.25, -0.2) is 14.8 Å². The molecule has 2 aromatic rings. The van der Waals surface area contributed by atoms with Crippen LogP contribution in [0.5, 0.6) is 0 Å². The molecule has 12 heteroatoms. The van der Waals surface area contributed by atoms with Gasteiger partial charge in [0.05, 0.1) is 18.9 Å². The number of piperazine rings is 1. The summed E-state index contributed by atoms with van der Waals surface area (Å²) in [5, 5.41) is 11.9. The predicted molar refractivity (Wildman–Crippen MR) is 136 cm³/mol. The van der Waals surface area contributed by atoms with Crippen LogP contribution >= 0.6 is 0 Å². The summed E-state index contributed by atoms with van der Waals surface area (Å²) in [6, 6.07) is 9.55. The average molecular weight is 528 g/mol. The minimum absolute atomic E-state index is 0.0359. The number of carbonyl (C=O) groups is 4. The number of carboxylic acid groups (broad SMARTS) is 1. The van der Waals surface area contributed by atoms with Gasteiger partial charge in [-0.2, -0.15) is 0 Å². The van der Waals surface area contributed by atoms with E-state index in [2.05, 4.69) is 15.3 Å². The van der Waals surface area contributed by atoms with Crippen molar-refractivity contribution < 1.29 is 33.8 Å². The van der Waals surface area contributed by atoms with Crippen molar-refractivity contribution in [1.29, 1.82) is 0 Å². The molecule has 3 amide bonds. The van der Waals surface area contributed by atoms with Gasteiger partial charge >= 0.3 is 12.1 Å². The Bertz CT molecular complexity index is 1120. The van der Waals surface area contributed by atoms with Gasteiger partial charge in [-0.1, -0.05) is 30.3 Å². The van der Waals surface area contributed by atoms with E-state index in [-0.39, 0.29) is 57.9 Å². The van der Waals surface area contributed by atoms with E-state index in [0.717, 1.165) is 0 Å². The number of amides is 3. The van der Waals surface area contributed by atoms with Gasteiger partial charge < -0.3 is 29.7 Å².